The van der Waals surface area contributed by atoms with Gasteiger partial charge in [0.25, 0.3) is 0 Å². The molecular formula is C28H47N3O4. The van der Waals surface area contributed by atoms with Crippen molar-refractivity contribution in [3.05, 3.63) is 34.4 Å². The Labute approximate surface area is 212 Å². The van der Waals surface area contributed by atoms with Gasteiger partial charge in [-0.05, 0) is 63.5 Å². The summed E-state index contributed by atoms with van der Waals surface area (Å²) in [6.07, 6.45) is 10.9. The molecule has 1 aliphatic heterocycles. The number of rotatable bonds is 22. The molecule has 0 aliphatic carbocycles. The van der Waals surface area contributed by atoms with Crippen LogP contribution in [0, 0.1) is 5.41 Å². The molecule has 0 radical (unpaired) electrons. The fourth-order valence-corrected chi connectivity index (χ4v) is 4.38. The molecule has 0 aromatic heterocycles. The van der Waals surface area contributed by atoms with Gasteiger partial charge in [-0.2, -0.15) is 0 Å². The summed E-state index contributed by atoms with van der Waals surface area (Å²) >= 11 is 0. The third-order valence-corrected chi connectivity index (χ3v) is 6.22. The number of ether oxygens (including phenoxy) is 4. The smallest absolute Gasteiger partial charge is 0.155 e. The Kier molecular flexibility index (Phi) is 15.5. The summed E-state index contributed by atoms with van der Waals surface area (Å²) in [6, 6.07) is 4.40. The van der Waals surface area contributed by atoms with Crippen LogP contribution in [0.1, 0.15) is 87.5 Å². The molecule has 35 heavy (non-hydrogen) atoms. The van der Waals surface area contributed by atoms with E-state index in [-0.39, 0.29) is 0 Å². The Morgan fingerprint density at radius 3 is 1.60 bits per heavy atom. The number of benzene rings is 1. The number of amidine groups is 2. The van der Waals surface area contributed by atoms with E-state index in [1.165, 1.54) is 11.1 Å². The number of unbranched alkanes of at least 4 members (excludes halogenated alkanes) is 6. The highest BCUT2D eigenvalue weighted by atomic mass is 16.5. The quantitative estimate of drug-likeness (QED) is 0.222. The molecule has 3 N–H and O–H groups in total. The van der Waals surface area contributed by atoms with Crippen molar-refractivity contribution in [2.75, 3.05) is 52.9 Å². The van der Waals surface area contributed by atoms with E-state index in [9.17, 15) is 0 Å². The van der Waals surface area contributed by atoms with Gasteiger partial charge in [0.15, 0.2) is 5.84 Å². The Morgan fingerprint density at radius 1 is 0.629 bits per heavy atom. The van der Waals surface area contributed by atoms with Crippen molar-refractivity contribution >= 4 is 11.7 Å². The van der Waals surface area contributed by atoms with Crippen molar-refractivity contribution in [3.8, 4) is 0 Å². The maximum Gasteiger partial charge on any atom is 0.155 e. The summed E-state index contributed by atoms with van der Waals surface area (Å²) in [4.78, 5) is 4.30. The van der Waals surface area contributed by atoms with E-state index in [1.54, 1.807) is 0 Å². The minimum Gasteiger partial charge on any atom is -0.383 e. The van der Waals surface area contributed by atoms with Crippen LogP contribution in [0.25, 0.3) is 0 Å². The Morgan fingerprint density at radius 2 is 1.09 bits per heavy atom. The van der Waals surface area contributed by atoms with Gasteiger partial charge in [0, 0.05) is 37.6 Å². The molecule has 0 bridgehead atoms. The van der Waals surface area contributed by atoms with Crippen LogP contribution in [0.2, 0.25) is 0 Å². The average Bonchev–Trinajstić information content (AvgIpc) is 3.16. The molecule has 7 heteroatoms. The first-order valence-electron chi connectivity index (χ1n) is 13.6. The van der Waals surface area contributed by atoms with Gasteiger partial charge >= 0.3 is 0 Å². The number of fused-ring (bicyclic) bond motifs is 1. The van der Waals surface area contributed by atoms with Gasteiger partial charge in [-0.15, -0.1) is 0 Å². The minimum atomic E-state index is 0.321. The standard InChI is InChI=1S/C28H47N3O4/c1-3-32-19-21-34-17-11-7-5-9-13-23-15-16-24(26-25(23)27(29)31-28(26)30)14-10-6-8-12-18-35-22-20-33-4-2/h15-16H,3-14,17-22H2,1-2H3,(H3,29,30,31). The summed E-state index contributed by atoms with van der Waals surface area (Å²) in [7, 11) is 0. The molecule has 0 unspecified atom stereocenters. The Balaban J connectivity index is 1.69. The second-order valence-corrected chi connectivity index (χ2v) is 8.93. The second-order valence-electron chi connectivity index (χ2n) is 8.93. The molecule has 7 nitrogen and oxygen atoms in total. The topological polar surface area (TPSA) is 99.1 Å². The van der Waals surface area contributed by atoms with Crippen molar-refractivity contribution in [3.63, 3.8) is 0 Å². The van der Waals surface area contributed by atoms with Crippen molar-refractivity contribution in [1.29, 1.82) is 5.41 Å². The number of hydrogen-bond acceptors (Lipinski definition) is 6. The molecule has 1 aromatic rings. The molecule has 198 valence electrons. The molecule has 1 aliphatic rings. The third-order valence-electron chi connectivity index (χ3n) is 6.22. The highest BCUT2D eigenvalue weighted by Crippen LogP contribution is 2.28. The zero-order valence-electron chi connectivity index (χ0n) is 22.0. The lowest BCUT2D eigenvalue weighted by atomic mass is 9.91. The Bertz CT molecular complexity index is 767. The number of aliphatic imine (C=N–C) groups is 1. The van der Waals surface area contributed by atoms with Crippen molar-refractivity contribution < 1.29 is 18.9 Å². The minimum absolute atomic E-state index is 0.321. The van der Waals surface area contributed by atoms with Crippen LogP contribution in [0.4, 0.5) is 0 Å². The van der Waals surface area contributed by atoms with Gasteiger partial charge < -0.3 is 24.7 Å². The molecule has 0 atom stereocenters. The van der Waals surface area contributed by atoms with Gasteiger partial charge in [0.2, 0.25) is 0 Å². The van der Waals surface area contributed by atoms with Gasteiger partial charge in [-0.1, -0.05) is 37.8 Å². The molecule has 0 spiro atoms. The number of aryl methyl sites for hydroxylation is 2. The van der Waals surface area contributed by atoms with Crippen molar-refractivity contribution in [1.82, 2.24) is 0 Å². The zero-order valence-corrected chi connectivity index (χ0v) is 22.0. The third kappa shape index (κ3) is 11.2. The SMILES string of the molecule is CCOCCOCCCCCCc1ccc(CCCCCCOCCOCC)c2c1C(=N)N=C2N. The predicted molar refractivity (Wildman–Crippen MR) is 143 cm³/mol. The molecule has 0 fully saturated rings. The predicted octanol–water partition coefficient (Wildman–Crippen LogP) is 5.04. The first-order valence-corrected chi connectivity index (χ1v) is 13.6. The van der Waals surface area contributed by atoms with Crippen LogP contribution >= 0.6 is 0 Å². The van der Waals surface area contributed by atoms with Gasteiger partial charge in [0.1, 0.15) is 5.84 Å². The number of nitrogens with zero attached hydrogens (tertiary/aromatic N) is 1. The lowest BCUT2D eigenvalue weighted by Crippen LogP contribution is -2.14. The molecule has 2 rings (SSSR count). The number of hydrogen-bond donors (Lipinski definition) is 2. The van der Waals surface area contributed by atoms with E-state index >= 15 is 0 Å². The number of nitrogens with two attached hydrogens (primary N) is 1. The maximum absolute atomic E-state index is 8.37. The first kappa shape index (κ1) is 29.4. The van der Waals surface area contributed by atoms with E-state index in [2.05, 4.69) is 17.1 Å². The van der Waals surface area contributed by atoms with E-state index in [0.29, 0.717) is 38.1 Å². The monoisotopic (exact) mass is 489 g/mol. The Hall–Kier alpha value is -1.80. The lowest BCUT2D eigenvalue weighted by Gasteiger charge is -2.13. The highest BCUT2D eigenvalue weighted by Gasteiger charge is 2.24. The maximum atomic E-state index is 8.37. The van der Waals surface area contributed by atoms with Gasteiger partial charge in [-0.25, -0.2) is 4.99 Å². The van der Waals surface area contributed by atoms with E-state index in [0.717, 1.165) is 102 Å². The molecular weight excluding hydrogens is 442 g/mol. The van der Waals surface area contributed by atoms with Crippen LogP contribution in [-0.4, -0.2) is 64.5 Å². The lowest BCUT2D eigenvalue weighted by molar-refractivity contribution is 0.0513. The second kappa shape index (κ2) is 18.5. The summed E-state index contributed by atoms with van der Waals surface area (Å²) in [5.41, 5.74) is 10.6. The fraction of sp³-hybridized carbons (Fsp3) is 0.714. The zero-order chi connectivity index (χ0) is 25.1. The molecule has 1 aromatic carbocycles. The molecule has 0 amide bonds. The van der Waals surface area contributed by atoms with Crippen molar-refractivity contribution in [2.45, 2.75) is 78.1 Å². The summed E-state index contributed by atoms with van der Waals surface area (Å²) < 4.78 is 21.7. The van der Waals surface area contributed by atoms with Gasteiger partial charge in [-0.3, -0.25) is 5.41 Å². The summed E-state index contributed by atoms with van der Waals surface area (Å²) in [5, 5.41) is 8.37. The van der Waals surface area contributed by atoms with Crippen LogP contribution in [0.15, 0.2) is 17.1 Å². The molecule has 0 saturated heterocycles. The first-order chi connectivity index (χ1) is 17.2. The average molecular weight is 490 g/mol. The molecule has 0 saturated carbocycles. The van der Waals surface area contributed by atoms with Crippen LogP contribution < -0.4 is 5.73 Å². The fourth-order valence-electron chi connectivity index (χ4n) is 4.38. The van der Waals surface area contributed by atoms with E-state index in [1.807, 2.05) is 13.8 Å². The van der Waals surface area contributed by atoms with Gasteiger partial charge in [0.05, 0.1) is 26.4 Å². The van der Waals surface area contributed by atoms with E-state index in [4.69, 9.17) is 30.1 Å². The van der Waals surface area contributed by atoms with Crippen LogP contribution in [0.3, 0.4) is 0 Å². The summed E-state index contributed by atoms with van der Waals surface area (Å²) in [5.74, 6) is 0.829. The normalized spacial score (nSPS) is 12.9. The number of nitrogens with one attached hydrogen (secondary N) is 1. The van der Waals surface area contributed by atoms with Crippen LogP contribution in [0.5, 0.6) is 0 Å². The molecule has 1 heterocycles. The van der Waals surface area contributed by atoms with Crippen LogP contribution in [-0.2, 0) is 31.8 Å². The van der Waals surface area contributed by atoms with Crippen molar-refractivity contribution in [2.24, 2.45) is 10.7 Å². The van der Waals surface area contributed by atoms with E-state index < -0.39 is 0 Å². The largest absolute Gasteiger partial charge is 0.383 e. The highest BCUT2D eigenvalue weighted by molar-refractivity contribution is 6.22. The summed E-state index contributed by atoms with van der Waals surface area (Å²) in [6.45, 7) is 9.80.